The summed E-state index contributed by atoms with van der Waals surface area (Å²) in [5.41, 5.74) is 0. The second-order valence-corrected chi connectivity index (χ2v) is 2.61. The number of hydroxylamine groups is 2. The van der Waals surface area contributed by atoms with Gasteiger partial charge in [0.15, 0.2) is 0 Å². The Morgan fingerprint density at radius 2 is 2.09 bits per heavy atom. The lowest BCUT2D eigenvalue weighted by Crippen LogP contribution is -2.35. The Balaban J connectivity index is 0.000000461. The first-order valence-corrected chi connectivity index (χ1v) is 4.19. The Bertz CT molecular complexity index is 125. The third-order valence-corrected chi connectivity index (χ3v) is 1.64. The second-order valence-electron chi connectivity index (χ2n) is 2.61. The first-order chi connectivity index (χ1) is 5.20. The third-order valence-electron chi connectivity index (χ3n) is 1.64. The number of piperidine rings is 1. The highest BCUT2D eigenvalue weighted by atomic mass is 16.5. The van der Waals surface area contributed by atoms with Gasteiger partial charge in [-0.05, 0) is 12.3 Å². The van der Waals surface area contributed by atoms with Crippen molar-refractivity contribution in [2.45, 2.75) is 33.6 Å². The molecule has 1 fully saturated rings. The summed E-state index contributed by atoms with van der Waals surface area (Å²) in [4.78, 5) is 10.7. The van der Waals surface area contributed by atoms with E-state index in [1.54, 1.807) is 0 Å². The lowest BCUT2D eigenvalue weighted by atomic mass is 10.0. The van der Waals surface area contributed by atoms with Crippen molar-refractivity contribution in [3.05, 3.63) is 0 Å². The fraction of sp³-hybridized carbons (Fsp3) is 0.875. The predicted octanol–water partition coefficient (Wildman–Crippen LogP) is 1.66. The highest BCUT2D eigenvalue weighted by molar-refractivity contribution is 5.75. The van der Waals surface area contributed by atoms with Crippen molar-refractivity contribution < 1.29 is 10.0 Å². The molecule has 11 heavy (non-hydrogen) atoms. The van der Waals surface area contributed by atoms with Crippen LogP contribution in [0.2, 0.25) is 0 Å². The molecule has 0 aliphatic carbocycles. The fourth-order valence-electron chi connectivity index (χ4n) is 0.973. The summed E-state index contributed by atoms with van der Waals surface area (Å²) in [5.74, 6) is 0.301. The molecule has 0 aromatic heterocycles. The van der Waals surface area contributed by atoms with E-state index >= 15 is 0 Å². The van der Waals surface area contributed by atoms with Crippen molar-refractivity contribution in [1.82, 2.24) is 5.06 Å². The number of hydrogen-bond acceptors (Lipinski definition) is 2. The molecule has 1 saturated heterocycles. The lowest BCUT2D eigenvalue weighted by molar-refractivity contribution is -0.172. The smallest absolute Gasteiger partial charge is 0.246 e. The molecule has 1 heterocycles. The van der Waals surface area contributed by atoms with E-state index in [0.29, 0.717) is 18.9 Å². The molecule has 0 aromatic carbocycles. The maximum absolute atomic E-state index is 10.7. The first-order valence-electron chi connectivity index (χ1n) is 4.19. The molecule has 0 saturated carbocycles. The monoisotopic (exact) mass is 159 g/mol. The van der Waals surface area contributed by atoms with E-state index in [2.05, 4.69) is 0 Å². The van der Waals surface area contributed by atoms with Crippen LogP contribution in [0.5, 0.6) is 0 Å². The van der Waals surface area contributed by atoms with Crippen LogP contribution in [-0.4, -0.2) is 22.7 Å². The first kappa shape index (κ1) is 10.4. The number of carbonyl (C=O) groups excluding carboxylic acids is 1. The molecule has 1 rings (SSSR count). The van der Waals surface area contributed by atoms with Gasteiger partial charge in [0.2, 0.25) is 5.91 Å². The molecule has 1 aliphatic heterocycles. The zero-order chi connectivity index (χ0) is 8.85. The summed E-state index contributed by atoms with van der Waals surface area (Å²) < 4.78 is 0. The van der Waals surface area contributed by atoms with Gasteiger partial charge in [0.25, 0.3) is 0 Å². The van der Waals surface area contributed by atoms with Crippen LogP contribution >= 0.6 is 0 Å². The van der Waals surface area contributed by atoms with Crippen LogP contribution in [0.1, 0.15) is 33.6 Å². The van der Waals surface area contributed by atoms with Crippen molar-refractivity contribution >= 4 is 5.91 Å². The Morgan fingerprint density at radius 3 is 2.45 bits per heavy atom. The molecule has 1 aliphatic rings. The quantitative estimate of drug-likeness (QED) is 0.546. The number of carbonyl (C=O) groups is 1. The largest absolute Gasteiger partial charge is 0.286 e. The summed E-state index contributed by atoms with van der Waals surface area (Å²) >= 11 is 0. The topological polar surface area (TPSA) is 40.5 Å². The third kappa shape index (κ3) is 3.37. The molecule has 3 nitrogen and oxygen atoms in total. The Hall–Kier alpha value is -0.570. The molecule has 1 atom stereocenters. The summed E-state index contributed by atoms with van der Waals surface area (Å²) in [6.45, 7) is 6.52. The van der Waals surface area contributed by atoms with Crippen molar-refractivity contribution in [3.8, 4) is 0 Å². The number of nitrogens with zero attached hydrogens (tertiary/aromatic N) is 1. The van der Waals surface area contributed by atoms with Gasteiger partial charge >= 0.3 is 0 Å². The normalized spacial score (nSPS) is 24.2. The minimum Gasteiger partial charge on any atom is -0.286 e. The molecule has 1 amide bonds. The maximum atomic E-state index is 10.7. The highest BCUT2D eigenvalue weighted by Gasteiger charge is 2.20. The van der Waals surface area contributed by atoms with Crippen LogP contribution in [-0.2, 0) is 4.79 Å². The lowest BCUT2D eigenvalue weighted by Gasteiger charge is -2.23. The fourth-order valence-corrected chi connectivity index (χ4v) is 0.973. The van der Waals surface area contributed by atoms with Gasteiger partial charge in [-0.25, -0.2) is 5.06 Å². The van der Waals surface area contributed by atoms with E-state index in [-0.39, 0.29) is 5.91 Å². The van der Waals surface area contributed by atoms with Gasteiger partial charge in [-0.2, -0.15) is 0 Å². The van der Waals surface area contributed by atoms with Gasteiger partial charge in [0, 0.05) is 13.0 Å². The zero-order valence-corrected chi connectivity index (χ0v) is 7.50. The number of amides is 1. The number of rotatable bonds is 0. The van der Waals surface area contributed by atoms with Crippen molar-refractivity contribution in [2.75, 3.05) is 6.54 Å². The van der Waals surface area contributed by atoms with Crippen LogP contribution in [0, 0.1) is 5.92 Å². The average Bonchev–Trinajstić information content (AvgIpc) is 2.02. The second kappa shape index (κ2) is 5.13. The van der Waals surface area contributed by atoms with E-state index < -0.39 is 0 Å². The van der Waals surface area contributed by atoms with Crippen LogP contribution in [0.3, 0.4) is 0 Å². The molecule has 66 valence electrons. The number of hydrogen-bond donors (Lipinski definition) is 1. The SMILES string of the molecule is CC.CC1CCN(O)C(=O)C1. The summed E-state index contributed by atoms with van der Waals surface area (Å²) in [7, 11) is 0. The zero-order valence-electron chi connectivity index (χ0n) is 7.50. The van der Waals surface area contributed by atoms with Gasteiger partial charge in [0.1, 0.15) is 0 Å². The molecule has 1 N–H and O–H groups in total. The van der Waals surface area contributed by atoms with Crippen molar-refractivity contribution in [1.29, 1.82) is 0 Å². The van der Waals surface area contributed by atoms with Crippen LogP contribution in [0.25, 0.3) is 0 Å². The van der Waals surface area contributed by atoms with Gasteiger partial charge < -0.3 is 0 Å². The van der Waals surface area contributed by atoms with E-state index in [1.165, 1.54) is 0 Å². The van der Waals surface area contributed by atoms with E-state index in [9.17, 15) is 4.79 Å². The Labute approximate surface area is 68.0 Å². The molecule has 0 spiro atoms. The van der Waals surface area contributed by atoms with E-state index in [1.807, 2.05) is 20.8 Å². The Kier molecular flexibility index (Phi) is 4.86. The molecule has 0 radical (unpaired) electrons. The van der Waals surface area contributed by atoms with Crippen LogP contribution < -0.4 is 0 Å². The van der Waals surface area contributed by atoms with Gasteiger partial charge in [0.05, 0.1) is 0 Å². The molecular formula is C8H17NO2. The standard InChI is InChI=1S/C6H11NO2.C2H6/c1-5-2-3-7(9)6(8)4-5;1-2/h5,9H,2-4H2,1H3;1-2H3. The molecular weight excluding hydrogens is 142 g/mol. The summed E-state index contributed by atoms with van der Waals surface area (Å²) in [6.07, 6.45) is 1.42. The van der Waals surface area contributed by atoms with E-state index in [4.69, 9.17) is 5.21 Å². The van der Waals surface area contributed by atoms with Gasteiger partial charge in [-0.15, -0.1) is 0 Å². The van der Waals surface area contributed by atoms with Crippen molar-refractivity contribution in [2.24, 2.45) is 5.92 Å². The van der Waals surface area contributed by atoms with Gasteiger partial charge in [-0.3, -0.25) is 10.0 Å². The average molecular weight is 159 g/mol. The minimum absolute atomic E-state index is 0.145. The minimum atomic E-state index is -0.145. The Morgan fingerprint density at radius 1 is 1.55 bits per heavy atom. The summed E-state index contributed by atoms with van der Waals surface area (Å²) in [6, 6.07) is 0. The van der Waals surface area contributed by atoms with E-state index in [0.717, 1.165) is 11.5 Å². The van der Waals surface area contributed by atoms with Crippen molar-refractivity contribution in [3.63, 3.8) is 0 Å². The molecule has 3 heteroatoms. The van der Waals surface area contributed by atoms with Gasteiger partial charge in [-0.1, -0.05) is 20.8 Å². The molecule has 1 unspecified atom stereocenters. The van der Waals surface area contributed by atoms with Crippen LogP contribution in [0.15, 0.2) is 0 Å². The molecule has 0 aromatic rings. The predicted molar refractivity (Wildman–Crippen MR) is 43.2 cm³/mol. The highest BCUT2D eigenvalue weighted by Crippen LogP contribution is 2.14. The van der Waals surface area contributed by atoms with Crippen LogP contribution in [0.4, 0.5) is 0 Å². The molecule has 0 bridgehead atoms. The maximum Gasteiger partial charge on any atom is 0.246 e. The summed E-state index contributed by atoms with van der Waals surface area (Å²) in [5, 5.41) is 9.58.